The summed E-state index contributed by atoms with van der Waals surface area (Å²) in [5.74, 6) is 0.777. The van der Waals surface area contributed by atoms with Crippen LogP contribution in [-0.4, -0.2) is 5.84 Å². The molecule has 0 radical (unpaired) electrons. The van der Waals surface area contributed by atoms with E-state index in [9.17, 15) is 0 Å². The van der Waals surface area contributed by atoms with Crippen LogP contribution < -0.4 is 5.73 Å². The molecule has 0 aliphatic heterocycles. The Morgan fingerprint density at radius 3 is 1.74 bits per heavy atom. The molecule has 19 heavy (non-hydrogen) atoms. The van der Waals surface area contributed by atoms with E-state index < -0.39 is 0 Å². The van der Waals surface area contributed by atoms with Crippen LogP contribution in [0.1, 0.15) is 23.5 Å². The van der Waals surface area contributed by atoms with Crippen molar-refractivity contribution in [2.45, 2.75) is 12.3 Å². The Morgan fingerprint density at radius 1 is 0.947 bits per heavy atom. The molecule has 0 bridgehead atoms. The molecular formula is C15H17ClN2S. The standard InChI is InChI=1S/C15H16N2S.ClH/c16-15(17-18)11-14(12-7-3-1-4-8-12)13-9-5-2-6-10-13;/h1-10,14,18H,11H2,(H2,16,17);1H. The van der Waals surface area contributed by atoms with Gasteiger partial charge in [0.05, 0.1) is 0 Å². The highest BCUT2D eigenvalue weighted by Gasteiger charge is 2.15. The fourth-order valence-corrected chi connectivity index (χ4v) is 2.13. The summed E-state index contributed by atoms with van der Waals surface area (Å²) in [5.41, 5.74) is 8.30. The van der Waals surface area contributed by atoms with Gasteiger partial charge in [-0.3, -0.25) is 0 Å². The number of benzene rings is 2. The summed E-state index contributed by atoms with van der Waals surface area (Å²) in [7, 11) is 0. The highest BCUT2D eigenvalue weighted by Crippen LogP contribution is 2.27. The molecule has 2 nitrogen and oxygen atoms in total. The Morgan fingerprint density at radius 2 is 1.37 bits per heavy atom. The molecule has 0 aliphatic carbocycles. The van der Waals surface area contributed by atoms with E-state index in [1.165, 1.54) is 11.1 Å². The minimum atomic E-state index is 0. The first-order chi connectivity index (χ1) is 8.81. The maximum atomic E-state index is 5.82. The van der Waals surface area contributed by atoms with Crippen LogP contribution >= 0.6 is 25.2 Å². The summed E-state index contributed by atoms with van der Waals surface area (Å²) >= 11 is 3.88. The van der Waals surface area contributed by atoms with Crippen molar-refractivity contribution in [1.82, 2.24) is 0 Å². The predicted molar refractivity (Wildman–Crippen MR) is 87.2 cm³/mol. The third-order valence-corrected chi connectivity index (χ3v) is 3.20. The zero-order valence-corrected chi connectivity index (χ0v) is 12.1. The Kier molecular flexibility index (Phi) is 6.46. The SMILES string of the molecule is Cl.NC(CC(c1ccccc1)c1ccccc1)=NS. The van der Waals surface area contributed by atoms with E-state index in [1.807, 2.05) is 36.4 Å². The first-order valence-electron chi connectivity index (χ1n) is 5.87. The Balaban J connectivity index is 0.00000180. The summed E-state index contributed by atoms with van der Waals surface area (Å²) in [6.45, 7) is 0. The maximum Gasteiger partial charge on any atom is 0.108 e. The van der Waals surface area contributed by atoms with Gasteiger partial charge in [-0.15, -0.1) is 12.4 Å². The minimum absolute atomic E-state index is 0. The van der Waals surface area contributed by atoms with Gasteiger partial charge in [0.1, 0.15) is 5.84 Å². The van der Waals surface area contributed by atoms with Crippen LogP contribution in [0.15, 0.2) is 65.1 Å². The lowest BCUT2D eigenvalue weighted by atomic mass is 9.88. The first-order valence-corrected chi connectivity index (χ1v) is 6.27. The number of thiol groups is 1. The third kappa shape index (κ3) is 4.30. The quantitative estimate of drug-likeness (QED) is 0.502. The van der Waals surface area contributed by atoms with Gasteiger partial charge in [0.2, 0.25) is 0 Å². The molecule has 0 amide bonds. The average Bonchev–Trinajstić information content (AvgIpc) is 2.46. The van der Waals surface area contributed by atoms with Gasteiger partial charge in [0.25, 0.3) is 0 Å². The van der Waals surface area contributed by atoms with Crippen molar-refractivity contribution in [3.63, 3.8) is 0 Å². The number of halogens is 1. The van der Waals surface area contributed by atoms with Crippen molar-refractivity contribution < 1.29 is 0 Å². The van der Waals surface area contributed by atoms with Crippen LogP contribution in [0.3, 0.4) is 0 Å². The lowest BCUT2D eigenvalue weighted by Gasteiger charge is -2.17. The van der Waals surface area contributed by atoms with E-state index >= 15 is 0 Å². The van der Waals surface area contributed by atoms with E-state index in [2.05, 4.69) is 41.5 Å². The molecule has 0 spiro atoms. The molecule has 2 aromatic rings. The molecule has 0 heterocycles. The second-order valence-corrected chi connectivity index (χ2v) is 4.37. The van der Waals surface area contributed by atoms with Crippen molar-refractivity contribution in [2.24, 2.45) is 10.1 Å². The second-order valence-electron chi connectivity index (χ2n) is 4.17. The van der Waals surface area contributed by atoms with Crippen LogP contribution in [0.25, 0.3) is 0 Å². The van der Waals surface area contributed by atoms with Crippen molar-refractivity contribution in [3.8, 4) is 0 Å². The van der Waals surface area contributed by atoms with Gasteiger partial charge in [-0.25, -0.2) is 4.40 Å². The fraction of sp³-hybridized carbons (Fsp3) is 0.133. The van der Waals surface area contributed by atoms with E-state index in [1.54, 1.807) is 0 Å². The van der Waals surface area contributed by atoms with E-state index in [0.29, 0.717) is 12.3 Å². The van der Waals surface area contributed by atoms with Gasteiger partial charge in [-0.2, -0.15) is 0 Å². The third-order valence-electron chi connectivity index (χ3n) is 2.95. The molecule has 0 unspecified atom stereocenters. The lowest BCUT2D eigenvalue weighted by molar-refractivity contribution is 0.851. The normalized spacial score (nSPS) is 11.2. The second kappa shape index (κ2) is 7.87. The Bertz CT molecular complexity index is 475. The number of hydrogen-bond acceptors (Lipinski definition) is 2. The van der Waals surface area contributed by atoms with Gasteiger partial charge in [0, 0.05) is 12.3 Å². The van der Waals surface area contributed by atoms with Gasteiger partial charge >= 0.3 is 0 Å². The molecule has 0 saturated carbocycles. The molecule has 0 aliphatic rings. The number of rotatable bonds is 4. The molecule has 2 rings (SSSR count). The van der Waals surface area contributed by atoms with Crippen molar-refractivity contribution >= 4 is 31.1 Å². The van der Waals surface area contributed by atoms with Crippen molar-refractivity contribution in [2.75, 3.05) is 0 Å². The monoisotopic (exact) mass is 292 g/mol. The van der Waals surface area contributed by atoms with Crippen LogP contribution in [0, 0.1) is 0 Å². The zero-order chi connectivity index (χ0) is 12.8. The van der Waals surface area contributed by atoms with Crippen LogP contribution in [0.4, 0.5) is 0 Å². The smallest absolute Gasteiger partial charge is 0.108 e. The minimum Gasteiger partial charge on any atom is -0.387 e. The molecule has 4 heteroatoms. The van der Waals surface area contributed by atoms with Gasteiger partial charge < -0.3 is 5.73 Å². The topological polar surface area (TPSA) is 38.4 Å². The number of nitrogens with two attached hydrogens (primary N) is 1. The molecule has 2 aromatic carbocycles. The van der Waals surface area contributed by atoms with E-state index in [-0.39, 0.29) is 18.3 Å². The Hall–Kier alpha value is -1.45. The molecular weight excluding hydrogens is 276 g/mol. The summed E-state index contributed by atoms with van der Waals surface area (Å²) in [4.78, 5) is 0. The molecule has 0 aromatic heterocycles. The lowest BCUT2D eigenvalue weighted by Crippen LogP contribution is -2.16. The highest BCUT2D eigenvalue weighted by molar-refractivity contribution is 7.79. The Labute approximate surface area is 125 Å². The summed E-state index contributed by atoms with van der Waals surface area (Å²) in [6, 6.07) is 20.7. The summed E-state index contributed by atoms with van der Waals surface area (Å²) in [5, 5.41) is 0. The number of nitrogens with zero attached hydrogens (tertiary/aromatic N) is 1. The molecule has 2 N–H and O–H groups in total. The average molecular weight is 293 g/mol. The van der Waals surface area contributed by atoms with Gasteiger partial charge in [-0.05, 0) is 23.9 Å². The number of amidine groups is 1. The predicted octanol–water partition coefficient (Wildman–Crippen LogP) is 3.83. The summed E-state index contributed by atoms with van der Waals surface area (Å²) < 4.78 is 3.77. The molecule has 0 saturated heterocycles. The zero-order valence-electron chi connectivity index (χ0n) is 10.4. The molecule has 100 valence electrons. The maximum absolute atomic E-state index is 5.82. The van der Waals surface area contributed by atoms with E-state index in [4.69, 9.17) is 5.73 Å². The highest BCUT2D eigenvalue weighted by atomic mass is 35.5. The van der Waals surface area contributed by atoms with Gasteiger partial charge in [-0.1, -0.05) is 60.7 Å². The summed E-state index contributed by atoms with van der Waals surface area (Å²) in [6.07, 6.45) is 0.678. The first kappa shape index (κ1) is 15.6. The van der Waals surface area contributed by atoms with Crippen molar-refractivity contribution in [3.05, 3.63) is 71.8 Å². The van der Waals surface area contributed by atoms with Gasteiger partial charge in [0.15, 0.2) is 0 Å². The molecule has 0 atom stereocenters. The van der Waals surface area contributed by atoms with Crippen LogP contribution in [0.2, 0.25) is 0 Å². The largest absolute Gasteiger partial charge is 0.387 e. The molecule has 0 fully saturated rings. The number of hydrogen-bond donors (Lipinski definition) is 2. The van der Waals surface area contributed by atoms with Crippen LogP contribution in [-0.2, 0) is 0 Å². The fourth-order valence-electron chi connectivity index (χ4n) is 2.05. The van der Waals surface area contributed by atoms with E-state index in [0.717, 1.165) is 0 Å². The van der Waals surface area contributed by atoms with Crippen molar-refractivity contribution in [1.29, 1.82) is 0 Å². The van der Waals surface area contributed by atoms with Crippen LogP contribution in [0.5, 0.6) is 0 Å².